The molecule has 3 heterocycles. The third kappa shape index (κ3) is 2.01. The number of hydrogen-bond acceptors (Lipinski definition) is 3. The summed E-state index contributed by atoms with van der Waals surface area (Å²) in [7, 11) is 0. The van der Waals surface area contributed by atoms with Crippen LogP contribution in [0.3, 0.4) is 0 Å². The van der Waals surface area contributed by atoms with Crippen LogP contribution >= 0.6 is 11.3 Å². The second-order valence-corrected chi connectivity index (χ2v) is 7.48. The zero-order valence-electron chi connectivity index (χ0n) is 13.8. The fraction of sp³-hybridized carbons (Fsp3) is 0.0952. The molecular formula is C21H16N2O2S. The van der Waals surface area contributed by atoms with Crippen molar-refractivity contribution in [2.75, 3.05) is 4.90 Å². The van der Waals surface area contributed by atoms with E-state index in [2.05, 4.69) is 4.98 Å². The van der Waals surface area contributed by atoms with Gasteiger partial charge in [0.2, 0.25) is 0 Å². The molecule has 0 saturated carbocycles. The third-order valence-electron chi connectivity index (χ3n) is 5.01. The molecule has 2 N–H and O–H groups in total. The van der Waals surface area contributed by atoms with Gasteiger partial charge in [0, 0.05) is 33.1 Å². The van der Waals surface area contributed by atoms with Crippen LogP contribution in [-0.2, 0) is 16.9 Å². The van der Waals surface area contributed by atoms with E-state index in [1.807, 2.05) is 66.0 Å². The lowest BCUT2D eigenvalue weighted by Gasteiger charge is -2.23. The van der Waals surface area contributed by atoms with Crippen LogP contribution in [0, 0.1) is 0 Å². The van der Waals surface area contributed by atoms with Crippen LogP contribution in [0.4, 0.5) is 5.69 Å². The summed E-state index contributed by atoms with van der Waals surface area (Å²) >= 11 is 1.60. The Labute approximate surface area is 154 Å². The molecule has 2 aromatic carbocycles. The van der Waals surface area contributed by atoms with E-state index in [4.69, 9.17) is 0 Å². The van der Waals surface area contributed by atoms with Gasteiger partial charge in [0.1, 0.15) is 0 Å². The summed E-state index contributed by atoms with van der Waals surface area (Å²) in [5, 5.41) is 14.5. The fourth-order valence-corrected chi connectivity index (χ4v) is 4.47. The highest BCUT2D eigenvalue weighted by atomic mass is 32.1. The topological polar surface area (TPSA) is 56.3 Å². The maximum absolute atomic E-state index is 13.4. The molecule has 0 saturated heterocycles. The molecule has 2 aromatic heterocycles. The van der Waals surface area contributed by atoms with Crippen LogP contribution in [0.15, 0.2) is 72.2 Å². The second-order valence-electron chi connectivity index (χ2n) is 6.45. The van der Waals surface area contributed by atoms with Gasteiger partial charge in [0.25, 0.3) is 5.91 Å². The maximum Gasteiger partial charge on any atom is 0.268 e. The van der Waals surface area contributed by atoms with Crippen LogP contribution < -0.4 is 4.90 Å². The van der Waals surface area contributed by atoms with Gasteiger partial charge in [0.05, 0.1) is 12.2 Å². The highest BCUT2D eigenvalue weighted by molar-refractivity contribution is 7.09. The molecule has 128 valence electrons. The average molecular weight is 360 g/mol. The number of para-hydroxylation sites is 2. The summed E-state index contributed by atoms with van der Waals surface area (Å²) < 4.78 is 0. The number of carbonyl (C=O) groups excluding carboxylic acids is 1. The van der Waals surface area contributed by atoms with E-state index in [-0.39, 0.29) is 5.91 Å². The summed E-state index contributed by atoms with van der Waals surface area (Å²) in [6.07, 6.45) is 1.74. The van der Waals surface area contributed by atoms with Crippen molar-refractivity contribution >= 4 is 33.8 Å². The minimum Gasteiger partial charge on any atom is -0.372 e. The highest BCUT2D eigenvalue weighted by Gasteiger charge is 2.52. The molecule has 0 aliphatic carbocycles. The van der Waals surface area contributed by atoms with Crippen molar-refractivity contribution in [2.45, 2.75) is 12.1 Å². The number of benzene rings is 2. The van der Waals surface area contributed by atoms with Crippen molar-refractivity contribution in [2.24, 2.45) is 0 Å². The number of nitrogens with one attached hydrogen (secondary N) is 1. The van der Waals surface area contributed by atoms with Gasteiger partial charge in [-0.2, -0.15) is 0 Å². The average Bonchev–Trinajstić information content (AvgIpc) is 3.38. The van der Waals surface area contributed by atoms with Gasteiger partial charge in [-0.15, -0.1) is 11.3 Å². The van der Waals surface area contributed by atoms with Crippen LogP contribution in [-0.4, -0.2) is 16.0 Å². The Morgan fingerprint density at radius 3 is 2.65 bits per heavy atom. The normalized spacial score (nSPS) is 19.3. The first-order valence-electron chi connectivity index (χ1n) is 8.42. The Hall–Kier alpha value is -2.89. The SMILES string of the molecule is O=C1N(Cc2cccs2)c2ccccc2[C@@]1(O)c1c[nH]c2ccccc12. The van der Waals surface area contributed by atoms with Gasteiger partial charge in [-0.3, -0.25) is 4.79 Å². The summed E-state index contributed by atoms with van der Waals surface area (Å²) in [6, 6.07) is 19.2. The van der Waals surface area contributed by atoms with Crippen LogP contribution in [0.1, 0.15) is 16.0 Å². The van der Waals surface area contributed by atoms with Crippen LogP contribution in [0.2, 0.25) is 0 Å². The number of aromatic nitrogens is 1. The van der Waals surface area contributed by atoms with E-state index in [1.54, 1.807) is 22.4 Å². The van der Waals surface area contributed by atoms with Gasteiger partial charge in [0.15, 0.2) is 5.60 Å². The van der Waals surface area contributed by atoms with Crippen molar-refractivity contribution in [1.29, 1.82) is 0 Å². The van der Waals surface area contributed by atoms with Gasteiger partial charge in [-0.1, -0.05) is 42.5 Å². The Kier molecular flexibility index (Phi) is 3.29. The molecule has 4 aromatic rings. The monoisotopic (exact) mass is 360 g/mol. The molecular weight excluding hydrogens is 344 g/mol. The molecule has 0 unspecified atom stereocenters. The highest BCUT2D eigenvalue weighted by Crippen LogP contribution is 2.46. The predicted molar refractivity (Wildman–Crippen MR) is 103 cm³/mol. The zero-order chi connectivity index (χ0) is 17.7. The molecule has 1 atom stereocenters. The van der Waals surface area contributed by atoms with E-state index in [9.17, 15) is 9.90 Å². The number of aromatic amines is 1. The summed E-state index contributed by atoms with van der Waals surface area (Å²) in [5.74, 6) is -0.308. The number of amides is 1. The van der Waals surface area contributed by atoms with E-state index in [0.29, 0.717) is 17.7 Å². The molecule has 0 radical (unpaired) electrons. The van der Waals surface area contributed by atoms with Gasteiger partial charge in [-0.05, 0) is 23.6 Å². The van der Waals surface area contributed by atoms with E-state index in [0.717, 1.165) is 21.5 Å². The number of nitrogens with zero attached hydrogens (tertiary/aromatic N) is 1. The first-order chi connectivity index (χ1) is 12.7. The predicted octanol–water partition coefficient (Wildman–Crippen LogP) is 4.01. The van der Waals surface area contributed by atoms with Crippen molar-refractivity contribution < 1.29 is 9.90 Å². The number of fused-ring (bicyclic) bond motifs is 2. The summed E-state index contributed by atoms with van der Waals surface area (Å²) in [4.78, 5) is 19.4. The van der Waals surface area contributed by atoms with Crippen LogP contribution in [0.5, 0.6) is 0 Å². The van der Waals surface area contributed by atoms with Crippen molar-refractivity contribution in [3.8, 4) is 0 Å². The van der Waals surface area contributed by atoms with E-state index >= 15 is 0 Å². The largest absolute Gasteiger partial charge is 0.372 e. The number of H-pyrrole nitrogens is 1. The molecule has 26 heavy (non-hydrogen) atoms. The number of hydrogen-bond donors (Lipinski definition) is 2. The summed E-state index contributed by atoms with van der Waals surface area (Å²) in [6.45, 7) is 0.457. The maximum atomic E-state index is 13.4. The Balaban J connectivity index is 1.70. The molecule has 1 aliphatic rings. The van der Waals surface area contributed by atoms with E-state index in [1.165, 1.54) is 0 Å². The molecule has 1 amide bonds. The molecule has 0 spiro atoms. The lowest BCUT2D eigenvalue weighted by molar-refractivity contribution is -0.132. The second kappa shape index (κ2) is 5.56. The number of aliphatic hydroxyl groups is 1. The lowest BCUT2D eigenvalue weighted by Crippen LogP contribution is -2.40. The third-order valence-corrected chi connectivity index (χ3v) is 5.87. The number of carbonyl (C=O) groups is 1. The van der Waals surface area contributed by atoms with Crippen molar-refractivity contribution in [3.63, 3.8) is 0 Å². The van der Waals surface area contributed by atoms with Crippen molar-refractivity contribution in [3.05, 3.63) is 88.2 Å². The Morgan fingerprint density at radius 1 is 1.00 bits per heavy atom. The Morgan fingerprint density at radius 2 is 1.81 bits per heavy atom. The molecule has 5 rings (SSSR count). The first kappa shape index (κ1) is 15.4. The molecule has 1 aliphatic heterocycles. The molecule has 5 heteroatoms. The molecule has 0 bridgehead atoms. The van der Waals surface area contributed by atoms with Crippen molar-refractivity contribution in [1.82, 2.24) is 4.98 Å². The first-order valence-corrected chi connectivity index (χ1v) is 9.30. The number of rotatable bonds is 3. The molecule has 4 nitrogen and oxygen atoms in total. The molecule has 0 fully saturated rings. The summed E-state index contributed by atoms with van der Waals surface area (Å²) in [5.41, 5.74) is 1.20. The minimum atomic E-state index is -1.69. The van der Waals surface area contributed by atoms with Gasteiger partial charge in [-0.25, -0.2) is 0 Å². The van der Waals surface area contributed by atoms with E-state index < -0.39 is 5.60 Å². The number of anilines is 1. The van der Waals surface area contributed by atoms with Gasteiger partial charge >= 0.3 is 0 Å². The quantitative estimate of drug-likeness (QED) is 0.580. The van der Waals surface area contributed by atoms with Gasteiger partial charge < -0.3 is 15.0 Å². The number of thiophene rings is 1. The van der Waals surface area contributed by atoms with Crippen LogP contribution in [0.25, 0.3) is 10.9 Å². The zero-order valence-corrected chi connectivity index (χ0v) is 14.7. The minimum absolute atomic E-state index is 0.308. The smallest absolute Gasteiger partial charge is 0.268 e. The Bertz CT molecular complexity index is 1120. The standard InChI is InChI=1S/C21H16N2O2S/c24-20-21(25,17-12-22-18-9-3-1-7-15(17)18)16-8-2-4-10-19(16)23(20)13-14-6-5-11-26-14/h1-12,22,25H,13H2/t21-/m1/s1. The fourth-order valence-electron chi connectivity index (χ4n) is 3.78. The lowest BCUT2D eigenvalue weighted by atomic mass is 9.87.